The van der Waals surface area contributed by atoms with Crippen LogP contribution in [0.25, 0.3) is 0 Å². The minimum atomic E-state index is -3.43. The zero-order chi connectivity index (χ0) is 9.35. The third-order valence-corrected chi connectivity index (χ3v) is 5.16. The number of alkyl halides is 1. The van der Waals surface area contributed by atoms with Crippen LogP contribution in [0.1, 0.15) is 0 Å². The van der Waals surface area contributed by atoms with Crippen LogP contribution in [0.3, 0.4) is 0 Å². The average Bonchev–Trinajstić information content (AvgIpc) is 1.93. The fourth-order valence-electron chi connectivity index (χ4n) is 1.02. The molecule has 0 radical (unpaired) electrons. The molecule has 1 aliphatic heterocycles. The molecule has 0 bridgehead atoms. The van der Waals surface area contributed by atoms with Crippen molar-refractivity contribution in [2.45, 2.75) is 9.30 Å². The summed E-state index contributed by atoms with van der Waals surface area (Å²) in [6.07, 6.45) is 0. The lowest BCUT2D eigenvalue weighted by molar-refractivity contribution is 0.193. The first-order valence-electron chi connectivity index (χ1n) is 3.23. The van der Waals surface area contributed by atoms with Gasteiger partial charge in [0.15, 0.2) is 0 Å². The van der Waals surface area contributed by atoms with E-state index >= 15 is 0 Å². The molecule has 1 heterocycles. The van der Waals surface area contributed by atoms with Crippen LogP contribution in [-0.4, -0.2) is 35.7 Å². The molecule has 0 aromatic rings. The Kier molecular flexibility index (Phi) is 2.92. The highest BCUT2D eigenvalue weighted by molar-refractivity contribution is 14.1. The second-order valence-corrected chi connectivity index (χ2v) is 5.65. The van der Waals surface area contributed by atoms with Crippen LogP contribution in [0.2, 0.25) is 0 Å². The molecule has 12 heavy (non-hydrogen) atoms. The second-order valence-electron chi connectivity index (χ2n) is 2.59. The van der Waals surface area contributed by atoms with Gasteiger partial charge in [-0.2, -0.15) is 5.26 Å². The molecule has 5 nitrogen and oxygen atoms in total. The number of likely N-dealkylation sites (tertiary alicyclic amines) is 1. The van der Waals surface area contributed by atoms with Gasteiger partial charge in [-0.15, -0.1) is 0 Å². The fraction of sp³-hybridized carbons (Fsp3) is 0.800. The summed E-state index contributed by atoms with van der Waals surface area (Å²) >= 11 is 1.98. The monoisotopic (exact) mass is 301 g/mol. The molecule has 68 valence electrons. The normalized spacial score (nSPS) is 30.8. The van der Waals surface area contributed by atoms with Crippen LogP contribution >= 0.6 is 22.6 Å². The third kappa shape index (κ3) is 1.87. The summed E-state index contributed by atoms with van der Waals surface area (Å²) in [5, 5.41) is 12.8. The lowest BCUT2D eigenvalue weighted by atomic mass is 10.2. The van der Waals surface area contributed by atoms with Crippen LogP contribution < -0.4 is 5.14 Å². The van der Waals surface area contributed by atoms with E-state index in [2.05, 4.69) is 0 Å². The van der Waals surface area contributed by atoms with E-state index in [9.17, 15) is 8.42 Å². The van der Waals surface area contributed by atoms with Gasteiger partial charge in [0.1, 0.15) is 5.25 Å². The Morgan fingerprint density at radius 1 is 1.75 bits per heavy atom. The summed E-state index contributed by atoms with van der Waals surface area (Å²) in [6.45, 7) is 0.639. The first-order valence-corrected chi connectivity index (χ1v) is 6.09. The van der Waals surface area contributed by atoms with Crippen LogP contribution in [-0.2, 0) is 10.0 Å². The van der Waals surface area contributed by atoms with Crippen molar-refractivity contribution in [3.05, 3.63) is 0 Å². The van der Waals surface area contributed by atoms with Gasteiger partial charge < -0.3 is 0 Å². The van der Waals surface area contributed by atoms with Crippen LogP contribution in [0.4, 0.5) is 0 Å². The van der Waals surface area contributed by atoms with Crippen molar-refractivity contribution in [3.63, 3.8) is 0 Å². The average molecular weight is 301 g/mol. The standard InChI is InChI=1S/C5H8IN3O2S/c6-5-4(12(8,10)11)3-9(5)2-1-7/h4-5H,2-3H2,(H2,8,10,11). The van der Waals surface area contributed by atoms with E-state index in [1.165, 1.54) is 0 Å². The summed E-state index contributed by atoms with van der Waals surface area (Å²) < 4.78 is 21.5. The van der Waals surface area contributed by atoms with E-state index in [4.69, 9.17) is 10.4 Å². The lowest BCUT2D eigenvalue weighted by Gasteiger charge is -2.41. The van der Waals surface area contributed by atoms with Crippen molar-refractivity contribution in [2.24, 2.45) is 5.14 Å². The van der Waals surface area contributed by atoms with Crippen molar-refractivity contribution >= 4 is 32.6 Å². The van der Waals surface area contributed by atoms with Crippen molar-refractivity contribution in [2.75, 3.05) is 13.1 Å². The van der Waals surface area contributed by atoms with Crippen LogP contribution in [0.15, 0.2) is 0 Å². The van der Waals surface area contributed by atoms with Gasteiger partial charge in [-0.1, -0.05) is 22.6 Å². The molecule has 2 atom stereocenters. The van der Waals surface area contributed by atoms with Gasteiger partial charge in [0.05, 0.1) is 16.7 Å². The second kappa shape index (κ2) is 3.45. The summed E-state index contributed by atoms with van der Waals surface area (Å²) in [7, 11) is -3.43. The molecule has 1 saturated heterocycles. The maximum Gasteiger partial charge on any atom is 0.215 e. The van der Waals surface area contributed by atoms with Crippen molar-refractivity contribution in [1.82, 2.24) is 4.90 Å². The van der Waals surface area contributed by atoms with Crippen LogP contribution in [0, 0.1) is 11.3 Å². The minimum Gasteiger partial charge on any atom is -0.276 e. The SMILES string of the molecule is N#CCN1CC(S(N)(=O)=O)C1I. The number of rotatable bonds is 2. The van der Waals surface area contributed by atoms with Gasteiger partial charge in [-0.3, -0.25) is 4.90 Å². The number of nitriles is 1. The number of nitrogens with zero attached hydrogens (tertiary/aromatic N) is 2. The van der Waals surface area contributed by atoms with E-state index in [1.807, 2.05) is 28.7 Å². The molecular formula is C5H8IN3O2S. The molecule has 1 fully saturated rings. The number of hydrogen-bond donors (Lipinski definition) is 1. The molecule has 0 saturated carbocycles. The minimum absolute atomic E-state index is 0.155. The predicted octanol–water partition coefficient (Wildman–Crippen LogP) is -0.756. The molecule has 1 aliphatic rings. The largest absolute Gasteiger partial charge is 0.276 e. The molecule has 0 aliphatic carbocycles. The maximum absolute atomic E-state index is 10.8. The highest BCUT2D eigenvalue weighted by Gasteiger charge is 2.43. The molecule has 2 unspecified atom stereocenters. The summed E-state index contributed by atoms with van der Waals surface area (Å²) in [6, 6.07) is 1.96. The Morgan fingerprint density at radius 2 is 2.33 bits per heavy atom. The molecule has 1 rings (SSSR count). The lowest BCUT2D eigenvalue weighted by Crippen LogP contribution is -2.61. The third-order valence-electron chi connectivity index (χ3n) is 1.77. The highest BCUT2D eigenvalue weighted by atomic mass is 127. The first kappa shape index (κ1) is 10.2. The smallest absolute Gasteiger partial charge is 0.215 e. The van der Waals surface area contributed by atoms with E-state index < -0.39 is 15.3 Å². The van der Waals surface area contributed by atoms with Crippen LogP contribution in [0.5, 0.6) is 0 Å². The first-order chi connectivity index (χ1) is 5.46. The van der Waals surface area contributed by atoms with Gasteiger partial charge in [0.2, 0.25) is 10.0 Å². The summed E-state index contributed by atoms with van der Waals surface area (Å²) in [4.78, 5) is 1.76. The van der Waals surface area contributed by atoms with Crippen molar-refractivity contribution in [1.29, 1.82) is 5.26 Å². The molecule has 0 aromatic carbocycles. The fourth-order valence-corrected chi connectivity index (χ4v) is 3.78. The number of sulfonamides is 1. The maximum atomic E-state index is 10.8. The molecule has 0 aromatic heterocycles. The zero-order valence-corrected chi connectivity index (χ0v) is 9.12. The van der Waals surface area contributed by atoms with Crippen molar-refractivity contribution in [3.8, 4) is 6.07 Å². The van der Waals surface area contributed by atoms with E-state index in [-0.39, 0.29) is 10.6 Å². The van der Waals surface area contributed by atoms with E-state index in [0.29, 0.717) is 6.54 Å². The Hall–Kier alpha value is 0.0900. The van der Waals surface area contributed by atoms with Gasteiger partial charge >= 0.3 is 0 Å². The highest BCUT2D eigenvalue weighted by Crippen LogP contribution is 2.27. The predicted molar refractivity (Wildman–Crippen MR) is 51.9 cm³/mol. The molecule has 0 amide bonds. The number of hydrogen-bond acceptors (Lipinski definition) is 4. The van der Waals surface area contributed by atoms with Gasteiger partial charge in [0, 0.05) is 6.54 Å². The summed E-state index contributed by atoms with van der Waals surface area (Å²) in [5.41, 5.74) is 0. The Morgan fingerprint density at radius 3 is 2.67 bits per heavy atom. The van der Waals surface area contributed by atoms with E-state index in [0.717, 1.165) is 0 Å². The summed E-state index contributed by atoms with van der Waals surface area (Å²) in [5.74, 6) is 0. The Balaban J connectivity index is 2.56. The van der Waals surface area contributed by atoms with Gasteiger partial charge in [-0.05, 0) is 0 Å². The van der Waals surface area contributed by atoms with Gasteiger partial charge in [0.25, 0.3) is 0 Å². The van der Waals surface area contributed by atoms with Crippen molar-refractivity contribution < 1.29 is 8.42 Å². The molecule has 7 heteroatoms. The zero-order valence-electron chi connectivity index (χ0n) is 6.14. The Bertz CT molecular complexity index is 309. The molecule has 2 N–H and O–H groups in total. The number of nitrogens with two attached hydrogens (primary N) is 1. The quantitative estimate of drug-likeness (QED) is 0.314. The molecular weight excluding hydrogens is 293 g/mol. The Labute approximate surface area is 84.7 Å². The van der Waals surface area contributed by atoms with Gasteiger partial charge in [-0.25, -0.2) is 13.6 Å². The number of halogens is 1. The topological polar surface area (TPSA) is 87.2 Å². The number of primary sulfonamides is 1. The van der Waals surface area contributed by atoms with E-state index in [1.54, 1.807) is 4.90 Å². The molecule has 0 spiro atoms.